The number of carbonyl (C=O) groups is 2. The van der Waals surface area contributed by atoms with Crippen LogP contribution in [0.5, 0.6) is 0 Å². The van der Waals surface area contributed by atoms with Crippen molar-refractivity contribution in [3.05, 3.63) is 0 Å². The van der Waals surface area contributed by atoms with Crippen LogP contribution in [0.1, 0.15) is 46.0 Å². The number of hydrogen-bond donors (Lipinski definition) is 1. The number of ether oxygens (including phenoxy) is 1. The van der Waals surface area contributed by atoms with Crippen molar-refractivity contribution in [2.45, 2.75) is 58.0 Å². The molecule has 2 atom stereocenters. The number of amides is 2. The van der Waals surface area contributed by atoms with Gasteiger partial charge in [0.2, 0.25) is 11.8 Å². The first kappa shape index (κ1) is 16.0. The fourth-order valence-electron chi connectivity index (χ4n) is 2.51. The SMILES string of the molecule is CCCC1NC(=O)C(CC)N(CCCCOC)C1=O. The van der Waals surface area contributed by atoms with E-state index in [1.807, 2.05) is 13.8 Å². The van der Waals surface area contributed by atoms with E-state index in [2.05, 4.69) is 5.32 Å². The third-order valence-corrected chi connectivity index (χ3v) is 3.54. The lowest BCUT2D eigenvalue weighted by molar-refractivity contribution is -0.149. The van der Waals surface area contributed by atoms with Gasteiger partial charge in [-0.05, 0) is 25.7 Å². The van der Waals surface area contributed by atoms with E-state index in [1.165, 1.54) is 0 Å². The van der Waals surface area contributed by atoms with Gasteiger partial charge in [0, 0.05) is 20.3 Å². The number of hydrogen-bond acceptors (Lipinski definition) is 3. The van der Waals surface area contributed by atoms with Gasteiger partial charge in [0.15, 0.2) is 0 Å². The highest BCUT2D eigenvalue weighted by Crippen LogP contribution is 2.16. The lowest BCUT2D eigenvalue weighted by Crippen LogP contribution is -2.63. The average molecular weight is 270 g/mol. The Kier molecular flexibility index (Phi) is 6.84. The summed E-state index contributed by atoms with van der Waals surface area (Å²) in [7, 11) is 1.67. The molecule has 110 valence electrons. The second-order valence-corrected chi connectivity index (χ2v) is 5.01. The molecule has 5 heteroatoms. The van der Waals surface area contributed by atoms with Gasteiger partial charge in [0.25, 0.3) is 0 Å². The standard InChI is InChI=1S/C14H26N2O3/c1-4-8-11-14(18)16(9-6-7-10-19-3)12(5-2)13(17)15-11/h11-12H,4-10H2,1-3H3,(H,15,17). The Morgan fingerprint density at radius 3 is 2.58 bits per heavy atom. The maximum atomic E-state index is 12.4. The lowest BCUT2D eigenvalue weighted by Gasteiger charge is -2.38. The van der Waals surface area contributed by atoms with Crippen LogP contribution in [0.15, 0.2) is 0 Å². The Hall–Kier alpha value is -1.10. The Morgan fingerprint density at radius 2 is 2.00 bits per heavy atom. The minimum absolute atomic E-state index is 0.00714. The predicted octanol–water partition coefficient (Wildman–Crippen LogP) is 1.32. The molecule has 1 rings (SSSR count). The number of nitrogens with zero attached hydrogens (tertiary/aromatic N) is 1. The number of carbonyl (C=O) groups excluding carboxylic acids is 2. The molecule has 0 radical (unpaired) electrons. The largest absolute Gasteiger partial charge is 0.385 e. The van der Waals surface area contributed by atoms with Crippen molar-refractivity contribution in [1.29, 1.82) is 0 Å². The van der Waals surface area contributed by atoms with E-state index in [9.17, 15) is 9.59 Å². The topological polar surface area (TPSA) is 58.6 Å². The summed E-state index contributed by atoms with van der Waals surface area (Å²) < 4.78 is 5.01. The minimum Gasteiger partial charge on any atom is -0.385 e. The maximum absolute atomic E-state index is 12.4. The Bertz CT molecular complexity index is 307. The summed E-state index contributed by atoms with van der Waals surface area (Å²) in [5, 5.41) is 2.84. The highest BCUT2D eigenvalue weighted by Gasteiger charge is 2.38. The van der Waals surface area contributed by atoms with Gasteiger partial charge in [-0.15, -0.1) is 0 Å². The van der Waals surface area contributed by atoms with Gasteiger partial charge in [-0.25, -0.2) is 0 Å². The lowest BCUT2D eigenvalue weighted by atomic mass is 10.0. The molecular weight excluding hydrogens is 244 g/mol. The second kappa shape index (κ2) is 8.15. The van der Waals surface area contributed by atoms with Crippen LogP contribution in [0.4, 0.5) is 0 Å². The van der Waals surface area contributed by atoms with Gasteiger partial charge in [-0.2, -0.15) is 0 Å². The minimum atomic E-state index is -0.331. The predicted molar refractivity (Wildman–Crippen MR) is 73.7 cm³/mol. The highest BCUT2D eigenvalue weighted by atomic mass is 16.5. The van der Waals surface area contributed by atoms with Crippen LogP contribution in [-0.2, 0) is 14.3 Å². The first-order valence-corrected chi connectivity index (χ1v) is 7.25. The van der Waals surface area contributed by atoms with Crippen molar-refractivity contribution in [1.82, 2.24) is 10.2 Å². The van der Waals surface area contributed by atoms with Crippen LogP contribution in [0.2, 0.25) is 0 Å². The molecule has 0 aromatic carbocycles. The van der Waals surface area contributed by atoms with E-state index in [-0.39, 0.29) is 23.9 Å². The van der Waals surface area contributed by atoms with Crippen molar-refractivity contribution >= 4 is 11.8 Å². The fraction of sp³-hybridized carbons (Fsp3) is 0.857. The first-order chi connectivity index (χ1) is 9.15. The van der Waals surface area contributed by atoms with Crippen molar-refractivity contribution in [2.24, 2.45) is 0 Å². The van der Waals surface area contributed by atoms with Crippen LogP contribution < -0.4 is 5.32 Å². The molecule has 0 saturated carbocycles. The summed E-state index contributed by atoms with van der Waals surface area (Å²) in [6.45, 7) is 5.31. The number of nitrogens with one attached hydrogen (secondary N) is 1. The van der Waals surface area contributed by atoms with Crippen molar-refractivity contribution in [2.75, 3.05) is 20.3 Å². The molecule has 0 aromatic heterocycles. The Morgan fingerprint density at radius 1 is 1.26 bits per heavy atom. The number of rotatable bonds is 8. The van der Waals surface area contributed by atoms with Gasteiger partial charge < -0.3 is 15.0 Å². The monoisotopic (exact) mass is 270 g/mol. The summed E-state index contributed by atoms with van der Waals surface area (Å²) >= 11 is 0. The van der Waals surface area contributed by atoms with Gasteiger partial charge in [0.05, 0.1) is 0 Å². The van der Waals surface area contributed by atoms with Gasteiger partial charge >= 0.3 is 0 Å². The van der Waals surface area contributed by atoms with Gasteiger partial charge in [0.1, 0.15) is 12.1 Å². The summed E-state index contributed by atoms with van der Waals surface area (Å²) in [6.07, 6.45) is 4.07. The molecule has 0 spiro atoms. The molecule has 5 nitrogen and oxygen atoms in total. The summed E-state index contributed by atoms with van der Waals surface area (Å²) in [4.78, 5) is 26.2. The molecule has 2 amide bonds. The van der Waals surface area contributed by atoms with Crippen molar-refractivity contribution in [3.8, 4) is 0 Å². The fourth-order valence-corrected chi connectivity index (χ4v) is 2.51. The van der Waals surface area contributed by atoms with Gasteiger partial charge in [-0.1, -0.05) is 20.3 Å². The van der Waals surface area contributed by atoms with E-state index in [1.54, 1.807) is 12.0 Å². The molecule has 0 aromatic rings. The van der Waals surface area contributed by atoms with Crippen molar-refractivity contribution < 1.29 is 14.3 Å². The van der Waals surface area contributed by atoms with Crippen LogP contribution in [0.3, 0.4) is 0 Å². The first-order valence-electron chi connectivity index (χ1n) is 7.25. The molecule has 0 aliphatic carbocycles. The molecule has 1 N–H and O–H groups in total. The van der Waals surface area contributed by atoms with E-state index < -0.39 is 0 Å². The van der Waals surface area contributed by atoms with E-state index in [4.69, 9.17) is 4.74 Å². The molecule has 1 heterocycles. The van der Waals surface area contributed by atoms with E-state index >= 15 is 0 Å². The summed E-state index contributed by atoms with van der Waals surface area (Å²) in [5.74, 6) is 0.0676. The zero-order chi connectivity index (χ0) is 14.3. The number of piperazine rings is 1. The molecule has 0 bridgehead atoms. The highest BCUT2D eigenvalue weighted by molar-refractivity contribution is 5.96. The second-order valence-electron chi connectivity index (χ2n) is 5.01. The van der Waals surface area contributed by atoms with Crippen LogP contribution in [0.25, 0.3) is 0 Å². The number of methoxy groups -OCH3 is 1. The van der Waals surface area contributed by atoms with Crippen LogP contribution in [0, 0.1) is 0 Å². The van der Waals surface area contributed by atoms with Crippen LogP contribution in [-0.4, -0.2) is 49.1 Å². The zero-order valence-corrected chi connectivity index (χ0v) is 12.3. The molecule has 1 fully saturated rings. The molecule has 2 unspecified atom stereocenters. The molecule has 1 saturated heterocycles. The quantitative estimate of drug-likeness (QED) is 0.677. The normalized spacial score (nSPS) is 23.6. The molecule has 19 heavy (non-hydrogen) atoms. The maximum Gasteiger partial charge on any atom is 0.245 e. The number of unbranched alkanes of at least 4 members (excludes halogenated alkanes) is 1. The Balaban J connectivity index is 2.64. The van der Waals surface area contributed by atoms with Crippen LogP contribution >= 0.6 is 0 Å². The molecule has 1 aliphatic heterocycles. The smallest absolute Gasteiger partial charge is 0.245 e. The summed E-state index contributed by atoms with van der Waals surface area (Å²) in [6, 6.07) is -0.633. The third kappa shape index (κ3) is 4.20. The summed E-state index contributed by atoms with van der Waals surface area (Å²) in [5.41, 5.74) is 0. The van der Waals surface area contributed by atoms with Crippen molar-refractivity contribution in [3.63, 3.8) is 0 Å². The van der Waals surface area contributed by atoms with Gasteiger partial charge in [-0.3, -0.25) is 9.59 Å². The zero-order valence-electron chi connectivity index (χ0n) is 12.3. The Labute approximate surface area is 115 Å². The molecule has 1 aliphatic rings. The van der Waals surface area contributed by atoms with E-state index in [0.717, 1.165) is 25.7 Å². The third-order valence-electron chi connectivity index (χ3n) is 3.54. The van der Waals surface area contributed by atoms with E-state index in [0.29, 0.717) is 19.6 Å². The average Bonchev–Trinajstić information content (AvgIpc) is 2.40. The molecular formula is C14H26N2O3.